The molecule has 0 bridgehead atoms. The van der Waals surface area contributed by atoms with Crippen LogP contribution in [0.3, 0.4) is 0 Å². The highest BCUT2D eigenvalue weighted by atomic mass is 15.2. The normalized spacial score (nSPS) is 38.8. The lowest BCUT2D eigenvalue weighted by Crippen LogP contribution is -2.50. The van der Waals surface area contributed by atoms with Crippen molar-refractivity contribution in [3.8, 4) is 0 Å². The first-order valence-corrected chi connectivity index (χ1v) is 8.19. The van der Waals surface area contributed by atoms with Crippen molar-refractivity contribution in [2.24, 2.45) is 5.92 Å². The second kappa shape index (κ2) is 6.91. The van der Waals surface area contributed by atoms with E-state index in [0.717, 1.165) is 24.0 Å². The molecule has 1 aliphatic carbocycles. The summed E-state index contributed by atoms with van der Waals surface area (Å²) in [6, 6.07) is 2.51. The molecule has 18 heavy (non-hydrogen) atoms. The molecule has 1 heterocycles. The average molecular weight is 252 g/mol. The lowest BCUT2D eigenvalue weighted by Gasteiger charge is -2.44. The van der Waals surface area contributed by atoms with Gasteiger partial charge in [-0.2, -0.15) is 0 Å². The zero-order valence-corrected chi connectivity index (χ0v) is 12.6. The molecule has 2 fully saturated rings. The highest BCUT2D eigenvalue weighted by molar-refractivity contribution is 4.87. The van der Waals surface area contributed by atoms with E-state index in [1.54, 1.807) is 0 Å². The van der Waals surface area contributed by atoms with E-state index in [4.69, 9.17) is 0 Å². The second-order valence-electron chi connectivity index (χ2n) is 6.69. The van der Waals surface area contributed by atoms with Crippen molar-refractivity contribution in [3.63, 3.8) is 0 Å². The van der Waals surface area contributed by atoms with Gasteiger partial charge in [-0.15, -0.1) is 0 Å². The summed E-state index contributed by atoms with van der Waals surface area (Å²) in [5.41, 5.74) is 0. The molecule has 2 unspecified atom stereocenters. The third-order valence-corrected chi connectivity index (χ3v) is 5.01. The van der Waals surface area contributed by atoms with Crippen molar-refractivity contribution >= 4 is 0 Å². The largest absolute Gasteiger partial charge is 0.314 e. The van der Waals surface area contributed by atoms with Crippen molar-refractivity contribution in [3.05, 3.63) is 0 Å². The van der Waals surface area contributed by atoms with Gasteiger partial charge in [-0.3, -0.25) is 4.90 Å². The number of nitrogens with one attached hydrogen (secondary N) is 1. The molecule has 0 aromatic carbocycles. The fraction of sp³-hybridized carbons (Fsp3) is 1.00. The lowest BCUT2D eigenvalue weighted by atomic mass is 9.86. The molecule has 1 aliphatic heterocycles. The van der Waals surface area contributed by atoms with Crippen LogP contribution in [0.1, 0.15) is 65.7 Å². The summed E-state index contributed by atoms with van der Waals surface area (Å²) in [4.78, 5) is 2.82. The van der Waals surface area contributed by atoms with Gasteiger partial charge in [0.25, 0.3) is 0 Å². The quantitative estimate of drug-likeness (QED) is 0.825. The Hall–Kier alpha value is -0.0800. The Morgan fingerprint density at radius 1 is 1.00 bits per heavy atom. The number of rotatable bonds is 4. The van der Waals surface area contributed by atoms with Gasteiger partial charge in [0.05, 0.1) is 0 Å². The Balaban J connectivity index is 1.77. The van der Waals surface area contributed by atoms with E-state index >= 15 is 0 Å². The first-order chi connectivity index (χ1) is 8.70. The van der Waals surface area contributed by atoms with Crippen LogP contribution in [0.5, 0.6) is 0 Å². The van der Waals surface area contributed by atoms with Gasteiger partial charge in [-0.05, 0) is 64.3 Å². The van der Waals surface area contributed by atoms with Crippen molar-refractivity contribution in [1.82, 2.24) is 10.2 Å². The van der Waals surface area contributed by atoms with E-state index < -0.39 is 0 Å². The number of nitrogens with zero attached hydrogens (tertiary/aromatic N) is 1. The first-order valence-electron chi connectivity index (χ1n) is 8.19. The van der Waals surface area contributed by atoms with Gasteiger partial charge in [-0.25, -0.2) is 0 Å². The molecule has 2 heteroatoms. The highest BCUT2D eigenvalue weighted by Gasteiger charge is 2.31. The monoisotopic (exact) mass is 252 g/mol. The Labute approximate surface area is 114 Å². The summed E-state index contributed by atoms with van der Waals surface area (Å²) in [6.45, 7) is 9.67. The maximum absolute atomic E-state index is 3.70. The topological polar surface area (TPSA) is 15.3 Å². The zero-order chi connectivity index (χ0) is 13.0. The molecular weight excluding hydrogens is 220 g/mol. The molecule has 0 aromatic rings. The van der Waals surface area contributed by atoms with Gasteiger partial charge in [-0.1, -0.05) is 13.8 Å². The van der Waals surface area contributed by atoms with Crippen LogP contribution >= 0.6 is 0 Å². The maximum atomic E-state index is 3.70. The maximum Gasteiger partial charge on any atom is 0.00993 e. The third kappa shape index (κ3) is 3.71. The van der Waals surface area contributed by atoms with E-state index in [0.29, 0.717) is 0 Å². The lowest BCUT2D eigenvalue weighted by molar-refractivity contribution is 0.0531. The third-order valence-electron chi connectivity index (χ3n) is 5.01. The van der Waals surface area contributed by atoms with E-state index in [1.807, 2.05) is 0 Å². The Morgan fingerprint density at radius 2 is 1.72 bits per heavy atom. The van der Waals surface area contributed by atoms with Gasteiger partial charge in [0.15, 0.2) is 0 Å². The number of hydrogen-bond acceptors (Lipinski definition) is 2. The van der Waals surface area contributed by atoms with Crippen molar-refractivity contribution in [1.29, 1.82) is 0 Å². The molecule has 0 aromatic heterocycles. The minimum Gasteiger partial charge on any atom is -0.314 e. The fourth-order valence-corrected chi connectivity index (χ4v) is 3.79. The second-order valence-corrected chi connectivity index (χ2v) is 6.69. The van der Waals surface area contributed by atoms with Gasteiger partial charge >= 0.3 is 0 Å². The summed E-state index contributed by atoms with van der Waals surface area (Å²) in [5, 5.41) is 3.70. The van der Waals surface area contributed by atoms with Gasteiger partial charge in [0, 0.05) is 24.7 Å². The molecule has 1 saturated heterocycles. The number of likely N-dealkylation sites (tertiary alicyclic amines) is 1. The van der Waals surface area contributed by atoms with Gasteiger partial charge in [0.1, 0.15) is 0 Å². The van der Waals surface area contributed by atoms with Gasteiger partial charge in [0.2, 0.25) is 0 Å². The SMILES string of the molecule is CCCNC1CCC(N2CC(C)CCC2C)CC1. The van der Waals surface area contributed by atoms with Crippen LogP contribution in [0.2, 0.25) is 0 Å². The number of piperidine rings is 1. The predicted molar refractivity (Wildman–Crippen MR) is 78.9 cm³/mol. The highest BCUT2D eigenvalue weighted by Crippen LogP contribution is 2.30. The smallest absolute Gasteiger partial charge is 0.00993 e. The standard InChI is InChI=1S/C16H32N2/c1-4-11-17-15-7-9-16(10-8-15)18-12-13(2)5-6-14(18)3/h13-17H,4-12H2,1-3H3. The Morgan fingerprint density at radius 3 is 2.39 bits per heavy atom. The van der Waals surface area contributed by atoms with E-state index in [9.17, 15) is 0 Å². The molecule has 2 atom stereocenters. The summed E-state index contributed by atoms with van der Waals surface area (Å²) >= 11 is 0. The van der Waals surface area contributed by atoms with E-state index in [1.165, 1.54) is 58.0 Å². The molecule has 0 spiro atoms. The average Bonchev–Trinajstić information content (AvgIpc) is 2.40. The molecular formula is C16H32N2. The van der Waals surface area contributed by atoms with Crippen LogP contribution < -0.4 is 5.32 Å². The van der Waals surface area contributed by atoms with Crippen LogP contribution in [0.15, 0.2) is 0 Å². The molecule has 1 saturated carbocycles. The Kier molecular flexibility index (Phi) is 5.50. The molecule has 0 amide bonds. The predicted octanol–water partition coefficient (Wildman–Crippen LogP) is 3.42. The van der Waals surface area contributed by atoms with E-state index in [2.05, 4.69) is 31.0 Å². The summed E-state index contributed by atoms with van der Waals surface area (Å²) in [6.07, 6.45) is 9.72. The zero-order valence-electron chi connectivity index (χ0n) is 12.6. The fourth-order valence-electron chi connectivity index (χ4n) is 3.79. The molecule has 2 nitrogen and oxygen atoms in total. The van der Waals surface area contributed by atoms with Gasteiger partial charge < -0.3 is 5.32 Å². The van der Waals surface area contributed by atoms with Crippen molar-refractivity contribution < 1.29 is 0 Å². The number of hydrogen-bond donors (Lipinski definition) is 1. The van der Waals surface area contributed by atoms with Crippen molar-refractivity contribution in [2.75, 3.05) is 13.1 Å². The molecule has 2 aliphatic rings. The van der Waals surface area contributed by atoms with Crippen molar-refractivity contribution in [2.45, 2.75) is 83.8 Å². The van der Waals surface area contributed by atoms with Crippen LogP contribution in [0, 0.1) is 5.92 Å². The van der Waals surface area contributed by atoms with Crippen LogP contribution in [0.25, 0.3) is 0 Å². The molecule has 106 valence electrons. The summed E-state index contributed by atoms with van der Waals surface area (Å²) < 4.78 is 0. The summed E-state index contributed by atoms with van der Waals surface area (Å²) in [5.74, 6) is 0.914. The minimum atomic E-state index is 0.804. The first kappa shape index (κ1) is 14.3. The minimum absolute atomic E-state index is 0.804. The molecule has 0 radical (unpaired) electrons. The van der Waals surface area contributed by atoms with Crippen LogP contribution in [-0.2, 0) is 0 Å². The molecule has 1 N–H and O–H groups in total. The van der Waals surface area contributed by atoms with Crippen LogP contribution in [0.4, 0.5) is 0 Å². The summed E-state index contributed by atoms with van der Waals surface area (Å²) in [7, 11) is 0. The molecule has 2 rings (SSSR count). The van der Waals surface area contributed by atoms with E-state index in [-0.39, 0.29) is 0 Å². The Bertz CT molecular complexity index is 233. The van der Waals surface area contributed by atoms with Crippen LogP contribution in [-0.4, -0.2) is 36.1 Å².